The van der Waals surface area contributed by atoms with Crippen molar-refractivity contribution in [3.63, 3.8) is 0 Å². The van der Waals surface area contributed by atoms with Gasteiger partial charge in [0.05, 0.1) is 16.7 Å². The summed E-state index contributed by atoms with van der Waals surface area (Å²) in [6.07, 6.45) is 0. The van der Waals surface area contributed by atoms with Gasteiger partial charge in [0.15, 0.2) is 0 Å². The van der Waals surface area contributed by atoms with Crippen LogP contribution in [0, 0.1) is 0 Å². The maximum absolute atomic E-state index is 2.43. The van der Waals surface area contributed by atoms with Crippen molar-refractivity contribution in [2.75, 3.05) is 0 Å². The third-order valence-corrected chi connectivity index (χ3v) is 11.8. The second-order valence-electron chi connectivity index (χ2n) is 15.0. The zero-order valence-corrected chi connectivity index (χ0v) is 31.0. The summed E-state index contributed by atoms with van der Waals surface area (Å²) in [6.45, 7) is 0. The Bertz CT molecular complexity index is 3630. The van der Waals surface area contributed by atoms with Crippen molar-refractivity contribution in [2.24, 2.45) is 0 Å². The minimum atomic E-state index is 1.10. The molecule has 0 aliphatic rings. The number of aromatic nitrogens is 3. The fraction of sp³-hybridized carbons (Fsp3) is 0. The van der Waals surface area contributed by atoms with Gasteiger partial charge in [-0.1, -0.05) is 121 Å². The molecule has 0 spiro atoms. The molecular weight excluding hydrogens is 691 g/mol. The van der Waals surface area contributed by atoms with Crippen LogP contribution in [0.2, 0.25) is 0 Å². The van der Waals surface area contributed by atoms with Crippen LogP contribution in [0.4, 0.5) is 0 Å². The number of rotatable bonds is 3. The van der Waals surface area contributed by atoms with Crippen LogP contribution in [-0.2, 0) is 0 Å². The quantitative estimate of drug-likeness (QED) is 0.161. The summed E-state index contributed by atoms with van der Waals surface area (Å²) in [5.41, 5.74) is 10.3. The first-order valence-corrected chi connectivity index (χ1v) is 19.6. The van der Waals surface area contributed by atoms with E-state index in [4.69, 9.17) is 0 Å². The van der Waals surface area contributed by atoms with E-state index in [0.29, 0.717) is 0 Å². The van der Waals surface area contributed by atoms with Crippen LogP contribution in [0.25, 0.3) is 104 Å². The molecule has 0 fully saturated rings. The Morgan fingerprint density at radius 2 is 0.754 bits per heavy atom. The molecule has 0 radical (unpaired) electrons. The van der Waals surface area contributed by atoms with Crippen LogP contribution in [0.3, 0.4) is 0 Å². The molecule has 10 aromatic carbocycles. The predicted octanol–water partition coefficient (Wildman–Crippen LogP) is 14.4. The molecule has 0 aliphatic carbocycles. The van der Waals surface area contributed by atoms with Gasteiger partial charge in [-0.3, -0.25) is 0 Å². The molecule has 266 valence electrons. The lowest BCUT2D eigenvalue weighted by molar-refractivity contribution is 1.15. The highest BCUT2D eigenvalue weighted by Gasteiger charge is 2.15. The van der Waals surface area contributed by atoms with Gasteiger partial charge in [0, 0.05) is 49.6 Å². The number of benzene rings is 10. The zero-order valence-electron chi connectivity index (χ0n) is 31.0. The first-order chi connectivity index (χ1) is 28.2. The maximum Gasteiger partial charge on any atom is 0.0542 e. The highest BCUT2D eigenvalue weighted by Crippen LogP contribution is 2.36. The molecule has 12 rings (SSSR count). The summed E-state index contributed by atoms with van der Waals surface area (Å²) in [7, 11) is 0. The van der Waals surface area contributed by atoms with Gasteiger partial charge in [-0.05, 0) is 129 Å². The van der Waals surface area contributed by atoms with E-state index in [1.165, 1.54) is 54.1 Å². The van der Waals surface area contributed by atoms with E-state index in [-0.39, 0.29) is 0 Å². The van der Waals surface area contributed by atoms with Crippen molar-refractivity contribution in [3.8, 4) is 17.1 Å². The lowest BCUT2D eigenvalue weighted by atomic mass is 10.0. The van der Waals surface area contributed by atoms with Crippen LogP contribution in [0.15, 0.2) is 212 Å². The van der Waals surface area contributed by atoms with Crippen molar-refractivity contribution in [1.29, 1.82) is 0 Å². The van der Waals surface area contributed by atoms with Crippen molar-refractivity contribution in [2.45, 2.75) is 0 Å². The monoisotopic (exact) mass is 725 g/mol. The topological polar surface area (TPSA) is 14.8 Å². The largest absolute Gasteiger partial charge is 0.310 e. The Labute approximate surface area is 328 Å². The number of para-hydroxylation sites is 2. The Morgan fingerprint density at radius 3 is 1.51 bits per heavy atom. The van der Waals surface area contributed by atoms with Gasteiger partial charge in [0.2, 0.25) is 0 Å². The van der Waals surface area contributed by atoms with Gasteiger partial charge < -0.3 is 13.7 Å². The fourth-order valence-electron chi connectivity index (χ4n) is 9.19. The number of fused-ring (bicyclic) bond motifs is 11. The highest BCUT2D eigenvalue weighted by molar-refractivity contribution is 6.12. The molecule has 0 unspecified atom stereocenters. The van der Waals surface area contributed by atoms with E-state index in [1.807, 2.05) is 0 Å². The number of hydrogen-bond acceptors (Lipinski definition) is 0. The zero-order chi connectivity index (χ0) is 37.5. The summed E-state index contributed by atoms with van der Waals surface area (Å²) < 4.78 is 7.24. The van der Waals surface area contributed by atoms with Crippen molar-refractivity contribution in [3.05, 3.63) is 212 Å². The van der Waals surface area contributed by atoms with Crippen molar-refractivity contribution in [1.82, 2.24) is 13.7 Å². The van der Waals surface area contributed by atoms with E-state index in [1.54, 1.807) is 0 Å². The normalized spacial score (nSPS) is 11.9. The van der Waals surface area contributed by atoms with Gasteiger partial charge >= 0.3 is 0 Å². The van der Waals surface area contributed by atoms with Crippen LogP contribution in [0.1, 0.15) is 0 Å². The summed E-state index contributed by atoms with van der Waals surface area (Å²) >= 11 is 0. The van der Waals surface area contributed by atoms with Crippen molar-refractivity contribution < 1.29 is 0 Å². The minimum absolute atomic E-state index is 1.10. The molecular formula is C54H35N3. The van der Waals surface area contributed by atoms with E-state index in [2.05, 4.69) is 226 Å². The number of hydrogen-bond donors (Lipinski definition) is 0. The first-order valence-electron chi connectivity index (χ1n) is 19.6. The second kappa shape index (κ2) is 12.5. The standard InChI is InChI=1S/C54H35N3/c1-2-15-41(16-3-1)57-53-21-7-6-20-48(53)51-35-45(29-30-54(51)57)55-42-17-8-13-39(31-42)40-14-9-18-43(32-40)56(52-22-10-12-36-11-4-5-19-47(36)52)46-28-26-38-24-23-37-25-27-44(55)33-49(37)50(38)34-46/h1-35H. The molecule has 0 amide bonds. The molecule has 0 atom stereocenters. The van der Waals surface area contributed by atoms with Crippen LogP contribution in [-0.4, -0.2) is 13.7 Å². The average Bonchev–Trinajstić information content (AvgIpc) is 3.61. The molecule has 0 N–H and O–H groups in total. The Balaban J connectivity index is 1.23. The van der Waals surface area contributed by atoms with E-state index >= 15 is 0 Å². The predicted molar refractivity (Wildman–Crippen MR) is 242 cm³/mol. The minimum Gasteiger partial charge on any atom is -0.310 e. The lowest BCUT2D eigenvalue weighted by Gasteiger charge is -2.16. The Kier molecular flexibility index (Phi) is 6.93. The summed E-state index contributed by atoms with van der Waals surface area (Å²) in [5, 5.41) is 12.1. The molecule has 3 nitrogen and oxygen atoms in total. The smallest absolute Gasteiger partial charge is 0.0542 e. The fourth-order valence-corrected chi connectivity index (χ4v) is 9.19. The molecule has 57 heavy (non-hydrogen) atoms. The molecule has 12 aromatic rings. The highest BCUT2D eigenvalue weighted by atomic mass is 15.0. The molecule has 2 aromatic heterocycles. The summed E-state index contributed by atoms with van der Waals surface area (Å²) in [4.78, 5) is 0. The molecule has 0 saturated heterocycles. The third kappa shape index (κ3) is 4.99. The second-order valence-corrected chi connectivity index (χ2v) is 15.0. The first kappa shape index (κ1) is 31.7. The van der Waals surface area contributed by atoms with Gasteiger partial charge in [-0.2, -0.15) is 0 Å². The Hall–Kier alpha value is -7.62. The van der Waals surface area contributed by atoms with Crippen LogP contribution in [0.5, 0.6) is 0 Å². The maximum atomic E-state index is 2.43. The SMILES string of the molecule is c1ccc(-n2c3ccccc3c3cc(-n4c5cccc(c5)c5cccc(c5)n(-c5cccc6ccccc56)c5ccc6ccc7ccc4cc7c6c5)ccc32)cc1. The van der Waals surface area contributed by atoms with Gasteiger partial charge in [0.1, 0.15) is 0 Å². The molecule has 3 heteroatoms. The van der Waals surface area contributed by atoms with Crippen LogP contribution < -0.4 is 0 Å². The third-order valence-electron chi connectivity index (χ3n) is 11.8. The summed E-state index contributed by atoms with van der Waals surface area (Å²) in [5.74, 6) is 0. The average molecular weight is 726 g/mol. The molecule has 0 saturated carbocycles. The summed E-state index contributed by atoms with van der Waals surface area (Å²) in [6, 6.07) is 78.1. The van der Waals surface area contributed by atoms with Gasteiger partial charge in [-0.25, -0.2) is 0 Å². The van der Waals surface area contributed by atoms with Gasteiger partial charge in [0.25, 0.3) is 0 Å². The number of nitrogens with zero attached hydrogens (tertiary/aromatic N) is 3. The Morgan fingerprint density at radius 1 is 0.228 bits per heavy atom. The molecule has 8 bridgehead atoms. The van der Waals surface area contributed by atoms with E-state index in [0.717, 1.165) is 49.9 Å². The molecule has 2 heterocycles. The van der Waals surface area contributed by atoms with Crippen molar-refractivity contribution >= 4 is 87.0 Å². The van der Waals surface area contributed by atoms with E-state index < -0.39 is 0 Å². The van der Waals surface area contributed by atoms with E-state index in [9.17, 15) is 0 Å². The molecule has 0 aliphatic heterocycles. The van der Waals surface area contributed by atoms with Crippen LogP contribution >= 0.6 is 0 Å². The van der Waals surface area contributed by atoms with Gasteiger partial charge in [-0.15, -0.1) is 0 Å². The lowest BCUT2D eigenvalue weighted by Crippen LogP contribution is -1.99.